The molecule has 0 saturated heterocycles. The third-order valence-electron chi connectivity index (χ3n) is 0.980. The van der Waals surface area contributed by atoms with Gasteiger partial charge in [-0.1, -0.05) is 23.2 Å². The zero-order chi connectivity index (χ0) is 9.46. The lowest BCUT2D eigenvalue weighted by Gasteiger charge is -1.99. The highest BCUT2D eigenvalue weighted by Crippen LogP contribution is 2.30. The lowest BCUT2D eigenvalue weighted by atomic mass is 10.2. The van der Waals surface area contributed by atoms with Gasteiger partial charge in [0, 0.05) is 4.47 Å². The second kappa shape index (κ2) is 3.12. The first-order valence-electron chi connectivity index (χ1n) is 3.57. The predicted molar refractivity (Wildman–Crippen MR) is 48.9 cm³/mol. The van der Waals surface area contributed by atoms with Crippen LogP contribution in [0.25, 0.3) is 0 Å². The van der Waals surface area contributed by atoms with E-state index in [9.17, 15) is 0 Å². The number of hydrogen-bond acceptors (Lipinski definition) is 0. The maximum absolute atomic E-state index is 7.51. The Balaban J connectivity index is 3.60. The molecule has 0 amide bonds. The van der Waals surface area contributed by atoms with Crippen molar-refractivity contribution in [1.29, 1.82) is 0 Å². The molecule has 0 aliphatic carbocycles. The summed E-state index contributed by atoms with van der Waals surface area (Å²) in [7, 11) is 0. The van der Waals surface area contributed by atoms with Gasteiger partial charge in [0.1, 0.15) is 0 Å². The van der Waals surface area contributed by atoms with Crippen molar-refractivity contribution in [2.75, 3.05) is 0 Å². The summed E-state index contributed by atoms with van der Waals surface area (Å²) in [4.78, 5) is 0. The zero-order valence-electron chi connectivity index (χ0n) is 7.13. The number of halogens is 3. The molecule has 0 unspecified atom stereocenters. The Bertz CT molecular complexity index is 234. The average Bonchev–Trinajstić information content (AvgIpc) is 2.08. The van der Waals surface area contributed by atoms with Crippen LogP contribution in [-0.2, 0) is 0 Å². The lowest BCUT2D eigenvalue weighted by molar-refractivity contribution is 1.45. The summed E-state index contributed by atoms with van der Waals surface area (Å²) >= 11 is 14.6. The predicted octanol–water partition coefficient (Wildman–Crippen LogP) is 4.06. The van der Waals surface area contributed by atoms with Crippen molar-refractivity contribution in [3.8, 4) is 0 Å². The monoisotopic (exact) mass is 240 g/mol. The molecule has 1 aromatic carbocycles. The van der Waals surface area contributed by atoms with Crippen LogP contribution in [0.3, 0.4) is 0 Å². The van der Waals surface area contributed by atoms with Gasteiger partial charge < -0.3 is 0 Å². The summed E-state index contributed by atoms with van der Waals surface area (Å²) in [6.45, 7) is 1.66. The molecule has 0 spiro atoms. The Kier molecular flexibility index (Phi) is 1.83. The fraction of sp³-hybridized carbons (Fsp3) is 0.143. The molecule has 0 radical (unpaired) electrons. The molecule has 0 atom stereocenters. The molecule has 1 rings (SSSR count). The Labute approximate surface area is 81.1 Å². The molecule has 0 N–H and O–H groups in total. The molecule has 0 nitrogen and oxygen atoms in total. The van der Waals surface area contributed by atoms with Crippen LogP contribution in [0.1, 0.15) is 8.30 Å². The zero-order valence-corrected chi connectivity index (χ0v) is 8.23. The van der Waals surface area contributed by atoms with Crippen molar-refractivity contribution in [2.45, 2.75) is 6.92 Å². The van der Waals surface area contributed by atoms with Gasteiger partial charge in [0.25, 0.3) is 0 Å². The molecular weight excluding hydrogens is 235 g/mol. The van der Waals surface area contributed by atoms with Crippen LogP contribution in [-0.4, -0.2) is 0 Å². The first kappa shape index (κ1) is 5.87. The van der Waals surface area contributed by atoms with E-state index < -0.39 is 0 Å². The summed E-state index contributed by atoms with van der Waals surface area (Å²) in [6, 6.07) is 0.337. The van der Waals surface area contributed by atoms with Crippen LogP contribution in [0.2, 0.25) is 10.0 Å². The third kappa shape index (κ3) is 1.66. The van der Waals surface area contributed by atoms with E-state index >= 15 is 0 Å². The molecule has 0 bridgehead atoms. The highest BCUT2D eigenvalue weighted by molar-refractivity contribution is 9.10. The first-order chi connectivity index (χ1) is 5.46. The lowest BCUT2D eigenvalue weighted by Crippen LogP contribution is -1.75. The summed E-state index contributed by atoms with van der Waals surface area (Å²) in [5.74, 6) is 0. The average molecular weight is 242 g/mol. The summed E-state index contributed by atoms with van der Waals surface area (Å²) in [6.07, 6.45) is 0. The van der Waals surface area contributed by atoms with Crippen molar-refractivity contribution in [2.24, 2.45) is 0 Å². The summed E-state index contributed by atoms with van der Waals surface area (Å²) in [5.41, 5.74) is 0.524. The van der Waals surface area contributed by atoms with Gasteiger partial charge in [0.05, 0.1) is 12.8 Å². The van der Waals surface area contributed by atoms with Gasteiger partial charge in [0.2, 0.25) is 0 Å². The van der Waals surface area contributed by atoms with Crippen molar-refractivity contribution in [3.63, 3.8) is 0 Å². The molecule has 10 heavy (non-hydrogen) atoms. The second-order valence-electron chi connectivity index (χ2n) is 1.82. The van der Waals surface area contributed by atoms with Crippen LogP contribution in [0.5, 0.6) is 0 Å². The molecule has 0 heterocycles. The van der Waals surface area contributed by atoms with E-state index in [0.717, 1.165) is 0 Å². The summed E-state index contributed by atoms with van der Waals surface area (Å²) < 4.78 is 15.4. The van der Waals surface area contributed by atoms with Gasteiger partial charge in [0.15, 0.2) is 0 Å². The van der Waals surface area contributed by atoms with E-state index in [0.29, 0.717) is 10.0 Å². The molecule has 0 saturated carbocycles. The maximum Gasteiger partial charge on any atom is 0.0734 e. The van der Waals surface area contributed by atoms with E-state index in [-0.39, 0.29) is 22.1 Å². The van der Waals surface area contributed by atoms with E-state index in [2.05, 4.69) is 15.9 Å². The normalized spacial score (nSPS) is 12.8. The Morgan fingerprint density at radius 2 is 2.10 bits per heavy atom. The highest BCUT2D eigenvalue weighted by Gasteiger charge is 2.01. The first-order valence-corrected chi connectivity index (χ1v) is 4.12. The fourth-order valence-electron chi connectivity index (χ4n) is 0.567. The van der Waals surface area contributed by atoms with E-state index in [1.807, 2.05) is 0 Å². The highest BCUT2D eigenvalue weighted by atomic mass is 79.9. The summed E-state index contributed by atoms with van der Waals surface area (Å²) in [5, 5.41) is 0.425. The molecule has 3 heteroatoms. The molecule has 0 fully saturated rings. The minimum absolute atomic E-state index is 0.120. The number of benzene rings is 1. The van der Waals surface area contributed by atoms with Gasteiger partial charge in [-0.3, -0.25) is 0 Å². The Morgan fingerprint density at radius 3 is 2.70 bits per heavy atom. The molecule has 1 aromatic rings. The van der Waals surface area contributed by atoms with Crippen LogP contribution >= 0.6 is 39.1 Å². The van der Waals surface area contributed by atoms with Gasteiger partial charge in [-0.05, 0) is 40.5 Å². The Morgan fingerprint density at radius 1 is 1.50 bits per heavy atom. The number of hydrogen-bond donors (Lipinski definition) is 0. The van der Waals surface area contributed by atoms with Gasteiger partial charge in [-0.15, -0.1) is 0 Å². The van der Waals surface area contributed by atoms with Crippen LogP contribution < -0.4 is 0 Å². The van der Waals surface area contributed by atoms with Crippen LogP contribution in [0, 0.1) is 6.92 Å². The molecule has 0 aromatic heterocycles. The minimum Gasteiger partial charge on any atom is -0.0827 e. The van der Waals surface area contributed by atoms with E-state index in [1.165, 1.54) is 0 Å². The van der Waals surface area contributed by atoms with E-state index in [4.69, 9.17) is 25.9 Å². The van der Waals surface area contributed by atoms with Gasteiger partial charge >= 0.3 is 0 Å². The minimum atomic E-state index is 0.120. The molecular formula is C7H5BrCl2. The van der Waals surface area contributed by atoms with Crippen molar-refractivity contribution < 1.29 is 2.74 Å². The Hall–Kier alpha value is 0.280. The standard InChI is InChI=1S/C7H5BrCl2/c1-4-2-5(8)7(10)6(9)3-4/h2-3H,1H3/i2D,3D. The van der Waals surface area contributed by atoms with Crippen LogP contribution in [0.15, 0.2) is 16.6 Å². The molecule has 0 aliphatic heterocycles. The largest absolute Gasteiger partial charge is 0.0827 e. The van der Waals surface area contributed by atoms with Crippen molar-refractivity contribution in [3.05, 3.63) is 32.2 Å². The molecule has 54 valence electrons. The third-order valence-corrected chi connectivity index (χ3v) is 2.56. The second-order valence-corrected chi connectivity index (χ2v) is 3.37. The van der Waals surface area contributed by atoms with Gasteiger partial charge in [-0.2, -0.15) is 0 Å². The fourth-order valence-corrected chi connectivity index (χ4v) is 1.51. The van der Waals surface area contributed by atoms with Crippen molar-refractivity contribution in [1.82, 2.24) is 0 Å². The van der Waals surface area contributed by atoms with Crippen LogP contribution in [0.4, 0.5) is 0 Å². The van der Waals surface area contributed by atoms with Crippen molar-refractivity contribution >= 4 is 39.1 Å². The van der Waals surface area contributed by atoms with Gasteiger partial charge in [-0.25, -0.2) is 0 Å². The molecule has 0 aliphatic rings. The maximum atomic E-state index is 7.51. The van der Waals surface area contributed by atoms with E-state index in [1.54, 1.807) is 6.92 Å². The SMILES string of the molecule is [2H]c1c(C)c([2H])c(Br)c(Cl)c1Cl. The number of rotatable bonds is 0. The smallest absolute Gasteiger partial charge is 0.0734 e. The topological polar surface area (TPSA) is 0 Å². The quantitative estimate of drug-likeness (QED) is 0.601.